The Morgan fingerprint density at radius 1 is 1.30 bits per heavy atom. The molecule has 3 N–H and O–H groups in total. The number of nitrogens with zero attached hydrogens (tertiary/aromatic N) is 3. The Labute approximate surface area is 110 Å². The Balaban J connectivity index is 2.28. The summed E-state index contributed by atoms with van der Waals surface area (Å²) < 4.78 is 28.1. The molecule has 20 heavy (non-hydrogen) atoms. The van der Waals surface area contributed by atoms with Crippen LogP contribution in [0, 0.1) is 11.6 Å². The fourth-order valence-electron chi connectivity index (χ4n) is 1.94. The van der Waals surface area contributed by atoms with Crippen LogP contribution < -0.4 is 11.3 Å². The number of nitrogens with two attached hydrogens (primary N) is 1. The van der Waals surface area contributed by atoms with Crippen molar-refractivity contribution in [3.63, 3.8) is 0 Å². The van der Waals surface area contributed by atoms with Gasteiger partial charge in [0, 0.05) is 11.6 Å². The Morgan fingerprint density at radius 3 is 2.85 bits per heavy atom. The standard InChI is InChI=1S/C12H9F2N5O/c13-6-1-2-8(14)7(3-6)9-4-11(20)19-10(5-15)17-18-12(19)16-9/h1-4H,5,15H2,(H,16,18). The minimum atomic E-state index is -0.666. The van der Waals surface area contributed by atoms with Crippen molar-refractivity contribution in [1.82, 2.24) is 19.6 Å². The number of nitrogens with one attached hydrogen (secondary N) is 1. The van der Waals surface area contributed by atoms with Crippen molar-refractivity contribution in [2.45, 2.75) is 6.54 Å². The van der Waals surface area contributed by atoms with E-state index < -0.39 is 17.2 Å². The third kappa shape index (κ3) is 1.86. The summed E-state index contributed by atoms with van der Waals surface area (Å²) in [6.45, 7) is 0.0509. The number of hydrogen-bond donors (Lipinski definition) is 2. The van der Waals surface area contributed by atoms with Gasteiger partial charge in [0.05, 0.1) is 12.2 Å². The minimum absolute atomic E-state index is 0.0271. The molecule has 0 unspecified atom stereocenters. The average Bonchev–Trinajstić information content (AvgIpc) is 2.85. The SMILES string of the molecule is NCc1n[nH]c2nc(-c3cc(F)ccc3F)cc(=O)n12. The van der Waals surface area contributed by atoms with Crippen LogP contribution in [-0.4, -0.2) is 19.6 Å². The van der Waals surface area contributed by atoms with Crippen LogP contribution in [0.4, 0.5) is 8.78 Å². The van der Waals surface area contributed by atoms with Crippen LogP contribution in [0.15, 0.2) is 29.1 Å². The van der Waals surface area contributed by atoms with Gasteiger partial charge in [0.15, 0.2) is 5.82 Å². The zero-order chi connectivity index (χ0) is 14.3. The third-order valence-electron chi connectivity index (χ3n) is 2.85. The predicted octanol–water partition coefficient (Wildman–Crippen LogP) is 0.821. The summed E-state index contributed by atoms with van der Waals surface area (Å²) in [4.78, 5) is 16.1. The summed E-state index contributed by atoms with van der Waals surface area (Å²) in [6.07, 6.45) is 0. The van der Waals surface area contributed by atoms with E-state index in [4.69, 9.17) is 5.73 Å². The number of hydrogen-bond acceptors (Lipinski definition) is 4. The number of H-pyrrole nitrogens is 1. The van der Waals surface area contributed by atoms with Gasteiger partial charge >= 0.3 is 0 Å². The van der Waals surface area contributed by atoms with E-state index in [1.165, 1.54) is 4.40 Å². The van der Waals surface area contributed by atoms with Crippen molar-refractivity contribution in [2.75, 3.05) is 0 Å². The molecule has 1 aromatic carbocycles. The molecule has 0 amide bonds. The lowest BCUT2D eigenvalue weighted by atomic mass is 10.1. The first-order chi connectivity index (χ1) is 9.60. The highest BCUT2D eigenvalue weighted by atomic mass is 19.1. The highest BCUT2D eigenvalue weighted by molar-refractivity contribution is 5.61. The summed E-state index contributed by atoms with van der Waals surface area (Å²) >= 11 is 0. The van der Waals surface area contributed by atoms with Crippen molar-refractivity contribution in [1.29, 1.82) is 0 Å². The van der Waals surface area contributed by atoms with Crippen LogP contribution >= 0.6 is 0 Å². The van der Waals surface area contributed by atoms with Crippen molar-refractivity contribution < 1.29 is 8.78 Å². The first-order valence-corrected chi connectivity index (χ1v) is 5.72. The molecule has 0 spiro atoms. The maximum absolute atomic E-state index is 13.7. The van der Waals surface area contributed by atoms with Gasteiger partial charge in [-0.25, -0.2) is 23.3 Å². The molecule has 102 valence electrons. The molecule has 0 aliphatic rings. The van der Waals surface area contributed by atoms with E-state index in [0.29, 0.717) is 5.82 Å². The zero-order valence-electron chi connectivity index (χ0n) is 10.1. The van der Waals surface area contributed by atoms with E-state index in [-0.39, 0.29) is 23.6 Å². The maximum atomic E-state index is 13.7. The van der Waals surface area contributed by atoms with E-state index in [1.54, 1.807) is 0 Å². The first kappa shape index (κ1) is 12.4. The van der Waals surface area contributed by atoms with Gasteiger partial charge in [-0.15, -0.1) is 0 Å². The van der Waals surface area contributed by atoms with Crippen LogP contribution in [0.25, 0.3) is 17.0 Å². The van der Waals surface area contributed by atoms with Gasteiger partial charge in [-0.2, -0.15) is 5.10 Å². The van der Waals surface area contributed by atoms with Crippen molar-refractivity contribution in [2.24, 2.45) is 5.73 Å². The molecule has 3 rings (SSSR count). The Kier molecular flexibility index (Phi) is 2.79. The van der Waals surface area contributed by atoms with Crippen molar-refractivity contribution in [3.8, 4) is 11.3 Å². The predicted molar refractivity (Wildman–Crippen MR) is 66.9 cm³/mol. The lowest BCUT2D eigenvalue weighted by molar-refractivity contribution is 0.602. The summed E-state index contributed by atoms with van der Waals surface area (Å²) in [5.41, 5.74) is 4.91. The quantitative estimate of drug-likeness (QED) is 0.725. The number of fused-ring (bicyclic) bond motifs is 1. The second kappa shape index (κ2) is 4.49. The summed E-state index contributed by atoms with van der Waals surface area (Å²) in [5.74, 6) is -0.850. The minimum Gasteiger partial charge on any atom is -0.324 e. The Bertz CT molecular complexity index is 855. The molecule has 2 aromatic heterocycles. The Morgan fingerprint density at radius 2 is 2.10 bits per heavy atom. The summed E-state index contributed by atoms with van der Waals surface area (Å²) in [5, 5.41) is 6.36. The molecule has 3 aromatic rings. The zero-order valence-corrected chi connectivity index (χ0v) is 10.1. The van der Waals surface area contributed by atoms with Crippen LogP contribution in [0.1, 0.15) is 5.82 Å². The van der Waals surface area contributed by atoms with E-state index >= 15 is 0 Å². The van der Waals surface area contributed by atoms with Crippen LogP contribution in [-0.2, 0) is 6.54 Å². The summed E-state index contributed by atoms with van der Waals surface area (Å²) in [6, 6.07) is 4.06. The second-order valence-electron chi connectivity index (χ2n) is 4.11. The molecule has 0 bridgehead atoms. The van der Waals surface area contributed by atoms with Crippen molar-refractivity contribution >= 4 is 5.78 Å². The third-order valence-corrected chi connectivity index (χ3v) is 2.85. The smallest absolute Gasteiger partial charge is 0.261 e. The maximum Gasteiger partial charge on any atom is 0.261 e. The highest BCUT2D eigenvalue weighted by Gasteiger charge is 2.13. The number of aromatic amines is 1. The normalized spacial score (nSPS) is 11.2. The molecule has 0 saturated heterocycles. The topological polar surface area (TPSA) is 89.1 Å². The largest absolute Gasteiger partial charge is 0.324 e. The lowest BCUT2D eigenvalue weighted by Crippen LogP contribution is -2.17. The monoisotopic (exact) mass is 277 g/mol. The van der Waals surface area contributed by atoms with E-state index in [0.717, 1.165) is 24.3 Å². The van der Waals surface area contributed by atoms with E-state index in [1.807, 2.05) is 0 Å². The first-order valence-electron chi connectivity index (χ1n) is 5.72. The second-order valence-corrected chi connectivity index (χ2v) is 4.11. The van der Waals surface area contributed by atoms with Gasteiger partial charge < -0.3 is 5.73 Å². The molecular weight excluding hydrogens is 268 g/mol. The molecule has 8 heteroatoms. The van der Waals surface area contributed by atoms with Gasteiger partial charge in [0.2, 0.25) is 5.78 Å². The molecule has 0 fully saturated rings. The number of aromatic nitrogens is 4. The van der Waals surface area contributed by atoms with Crippen molar-refractivity contribution in [3.05, 3.63) is 52.1 Å². The number of rotatable bonds is 2. The molecule has 0 aliphatic carbocycles. The highest BCUT2D eigenvalue weighted by Crippen LogP contribution is 2.21. The van der Waals surface area contributed by atoms with Gasteiger partial charge in [-0.05, 0) is 18.2 Å². The fraction of sp³-hybridized carbons (Fsp3) is 0.0833. The van der Waals surface area contributed by atoms with Gasteiger partial charge in [0.25, 0.3) is 5.56 Å². The molecule has 0 atom stereocenters. The van der Waals surface area contributed by atoms with E-state index in [2.05, 4.69) is 15.2 Å². The van der Waals surface area contributed by atoms with Crippen LogP contribution in [0.2, 0.25) is 0 Å². The molecule has 0 radical (unpaired) electrons. The van der Waals surface area contributed by atoms with Gasteiger partial charge in [0.1, 0.15) is 11.6 Å². The molecular formula is C12H9F2N5O. The summed E-state index contributed by atoms with van der Waals surface area (Å²) in [7, 11) is 0. The van der Waals surface area contributed by atoms with Gasteiger partial charge in [-0.3, -0.25) is 4.79 Å². The van der Waals surface area contributed by atoms with Crippen LogP contribution in [0.3, 0.4) is 0 Å². The number of halogens is 2. The molecule has 0 aliphatic heterocycles. The fourth-order valence-corrected chi connectivity index (χ4v) is 1.94. The average molecular weight is 277 g/mol. The molecule has 6 nitrogen and oxygen atoms in total. The molecule has 2 heterocycles. The van der Waals surface area contributed by atoms with E-state index in [9.17, 15) is 13.6 Å². The molecule has 0 saturated carbocycles. The van der Waals surface area contributed by atoms with Gasteiger partial charge in [-0.1, -0.05) is 0 Å². The Hall–Kier alpha value is -2.61. The van der Waals surface area contributed by atoms with Crippen LogP contribution in [0.5, 0.6) is 0 Å². The number of benzene rings is 1. The lowest BCUT2D eigenvalue weighted by Gasteiger charge is -2.03.